The number of hydrogen-bond donors (Lipinski definition) is 1. The number of methoxy groups -OCH3 is 1. The molecule has 3 amide bonds. The summed E-state index contributed by atoms with van der Waals surface area (Å²) in [6.45, 7) is 5.73. The van der Waals surface area contributed by atoms with Gasteiger partial charge in [0.15, 0.2) is 0 Å². The van der Waals surface area contributed by atoms with Crippen LogP contribution in [0, 0.1) is 11.3 Å². The Morgan fingerprint density at radius 2 is 1.58 bits per heavy atom. The van der Waals surface area contributed by atoms with Crippen LogP contribution in [0.4, 0.5) is 10.5 Å². The number of amides is 3. The van der Waals surface area contributed by atoms with Crippen LogP contribution in [0.1, 0.15) is 68.5 Å². The number of alkyl carbamates (subject to hydrolysis) is 1. The molecule has 8 rings (SSSR count). The highest BCUT2D eigenvalue weighted by Gasteiger charge is 2.46. The summed E-state index contributed by atoms with van der Waals surface area (Å²) in [4.78, 5) is 59.1. The lowest BCUT2D eigenvalue weighted by Crippen LogP contribution is -2.55. The van der Waals surface area contributed by atoms with Gasteiger partial charge in [-0.05, 0) is 111 Å². The number of piperidine rings is 3. The highest BCUT2D eigenvalue weighted by atomic mass is 16.5. The molecule has 4 fully saturated rings. The van der Waals surface area contributed by atoms with Crippen molar-refractivity contribution in [1.82, 2.24) is 24.3 Å². The molecule has 1 unspecified atom stereocenters. The van der Waals surface area contributed by atoms with Gasteiger partial charge in [-0.2, -0.15) is 0 Å². The second-order valence-electron chi connectivity index (χ2n) is 16.1. The van der Waals surface area contributed by atoms with Crippen molar-refractivity contribution in [2.45, 2.75) is 76.6 Å². The number of ether oxygens (including phenoxy) is 2. The molecular formula is C43H52N6O6. The van der Waals surface area contributed by atoms with E-state index in [1.807, 2.05) is 60.7 Å². The van der Waals surface area contributed by atoms with E-state index in [2.05, 4.69) is 27.2 Å². The van der Waals surface area contributed by atoms with Gasteiger partial charge in [0.25, 0.3) is 5.91 Å². The molecule has 1 aliphatic carbocycles. The van der Waals surface area contributed by atoms with Crippen molar-refractivity contribution in [2.75, 3.05) is 44.7 Å². The van der Waals surface area contributed by atoms with Crippen LogP contribution in [-0.4, -0.2) is 82.7 Å². The lowest BCUT2D eigenvalue weighted by Gasteiger charge is -2.52. The van der Waals surface area contributed by atoms with Gasteiger partial charge in [-0.1, -0.05) is 42.5 Å². The second-order valence-corrected chi connectivity index (χ2v) is 16.1. The number of rotatable bonds is 10. The first-order valence-corrected chi connectivity index (χ1v) is 19.8. The Bertz CT molecular complexity index is 2070. The Hall–Kier alpha value is -5.10. The SMILES string of the molecule is COc1ccc(CN2C(=O)CCC(n3c(=O)n(C)c4cc(N5CCC(CN6CCC7(CC6)CC(NC(=O)OCc6ccccc6)C7)CC5)ccc43)C2=O)cc1. The molecule has 4 aliphatic rings. The second kappa shape index (κ2) is 15.6. The first-order chi connectivity index (χ1) is 26.7. The van der Waals surface area contributed by atoms with Crippen LogP contribution in [-0.2, 0) is 34.5 Å². The first kappa shape index (κ1) is 36.9. The summed E-state index contributed by atoms with van der Waals surface area (Å²) < 4.78 is 13.9. The Morgan fingerprint density at radius 1 is 0.855 bits per heavy atom. The summed E-state index contributed by atoms with van der Waals surface area (Å²) in [5.41, 5.74) is 4.50. The summed E-state index contributed by atoms with van der Waals surface area (Å²) in [5.74, 6) is 0.785. The van der Waals surface area contributed by atoms with Crippen LogP contribution in [0.2, 0.25) is 0 Å². The number of fused-ring (bicyclic) bond motifs is 1. The molecule has 1 spiro atoms. The summed E-state index contributed by atoms with van der Waals surface area (Å²) in [6, 6.07) is 22.7. The van der Waals surface area contributed by atoms with Gasteiger partial charge in [0.2, 0.25) is 5.91 Å². The zero-order valence-electron chi connectivity index (χ0n) is 32.0. The number of carbonyl (C=O) groups is 3. The van der Waals surface area contributed by atoms with Gasteiger partial charge in [0, 0.05) is 44.8 Å². The predicted octanol–water partition coefficient (Wildman–Crippen LogP) is 5.63. The molecule has 12 heteroatoms. The first-order valence-electron chi connectivity index (χ1n) is 19.8. The number of aryl methyl sites for hydroxylation is 1. The molecule has 1 aromatic heterocycles. The van der Waals surface area contributed by atoms with Crippen molar-refractivity contribution in [3.63, 3.8) is 0 Å². The number of aromatic nitrogens is 2. The van der Waals surface area contributed by atoms with Gasteiger partial charge in [0.05, 0.1) is 24.7 Å². The molecule has 1 saturated carbocycles. The molecule has 55 heavy (non-hydrogen) atoms. The highest BCUT2D eigenvalue weighted by molar-refractivity contribution is 6.00. The van der Waals surface area contributed by atoms with E-state index in [-0.39, 0.29) is 42.6 Å². The van der Waals surface area contributed by atoms with E-state index < -0.39 is 6.04 Å². The van der Waals surface area contributed by atoms with E-state index in [9.17, 15) is 19.2 Å². The van der Waals surface area contributed by atoms with Crippen molar-refractivity contribution in [2.24, 2.45) is 18.4 Å². The number of carbonyl (C=O) groups excluding carboxylic acids is 3. The third kappa shape index (κ3) is 7.74. The summed E-state index contributed by atoms with van der Waals surface area (Å²) in [6.07, 6.45) is 6.86. The van der Waals surface area contributed by atoms with Crippen molar-refractivity contribution in [3.05, 3.63) is 94.4 Å². The van der Waals surface area contributed by atoms with Crippen molar-refractivity contribution < 1.29 is 23.9 Å². The van der Waals surface area contributed by atoms with E-state index in [0.717, 1.165) is 80.7 Å². The molecular weight excluding hydrogens is 697 g/mol. The van der Waals surface area contributed by atoms with Crippen LogP contribution in [0.15, 0.2) is 77.6 Å². The molecule has 3 saturated heterocycles. The topological polar surface area (TPSA) is 118 Å². The number of nitrogens with zero attached hydrogens (tertiary/aromatic N) is 5. The summed E-state index contributed by atoms with van der Waals surface area (Å²) >= 11 is 0. The quantitative estimate of drug-likeness (QED) is 0.208. The summed E-state index contributed by atoms with van der Waals surface area (Å²) in [5, 5.41) is 3.07. The molecule has 1 N–H and O–H groups in total. The Kier molecular flexibility index (Phi) is 10.4. The number of hydrogen-bond acceptors (Lipinski definition) is 8. The number of imidazole rings is 1. The van der Waals surface area contributed by atoms with E-state index in [0.29, 0.717) is 35.6 Å². The minimum Gasteiger partial charge on any atom is -0.497 e. The fourth-order valence-corrected chi connectivity index (χ4v) is 9.37. The molecule has 1 atom stereocenters. The third-order valence-corrected chi connectivity index (χ3v) is 12.7. The molecule has 12 nitrogen and oxygen atoms in total. The van der Waals surface area contributed by atoms with Crippen LogP contribution >= 0.6 is 0 Å². The Balaban J connectivity index is 0.820. The minimum atomic E-state index is -0.741. The largest absolute Gasteiger partial charge is 0.497 e. The van der Waals surface area contributed by atoms with Crippen LogP contribution in [0.25, 0.3) is 11.0 Å². The van der Waals surface area contributed by atoms with Crippen LogP contribution in [0.5, 0.6) is 5.75 Å². The van der Waals surface area contributed by atoms with Gasteiger partial charge in [0.1, 0.15) is 18.4 Å². The number of imide groups is 1. The maximum atomic E-state index is 13.8. The predicted molar refractivity (Wildman–Crippen MR) is 210 cm³/mol. The van der Waals surface area contributed by atoms with Crippen molar-refractivity contribution in [3.8, 4) is 5.75 Å². The maximum absolute atomic E-state index is 13.8. The number of nitrogens with one attached hydrogen (secondary N) is 1. The molecule has 4 aromatic rings. The average Bonchev–Trinajstić information content (AvgIpc) is 3.44. The zero-order chi connectivity index (χ0) is 38.1. The van der Waals surface area contributed by atoms with Gasteiger partial charge in [-0.3, -0.25) is 23.6 Å². The monoisotopic (exact) mass is 748 g/mol. The number of benzene rings is 3. The zero-order valence-corrected chi connectivity index (χ0v) is 32.0. The standard InChI is InChI=1S/C43H52N6O6/c1-45-38-24-34(10-13-36(38)49(42(45)53)37-14-15-39(50)48(40(37)51)28-30-8-11-35(54-2)12-9-30)47-20-16-31(17-21-47)27-46-22-18-43(19-23-46)25-33(26-43)44-41(52)55-29-32-6-4-3-5-7-32/h3-13,24,31,33,37H,14-23,25-29H2,1-2H3,(H,44,52). The number of likely N-dealkylation sites (tertiary alicyclic amines) is 2. The molecule has 0 radical (unpaired) electrons. The average molecular weight is 749 g/mol. The van der Waals surface area contributed by atoms with Crippen LogP contribution < -0.4 is 20.6 Å². The summed E-state index contributed by atoms with van der Waals surface area (Å²) in [7, 11) is 3.35. The molecule has 3 aliphatic heterocycles. The van der Waals surface area contributed by atoms with Gasteiger partial charge in [-0.25, -0.2) is 9.59 Å². The molecule has 4 heterocycles. The molecule has 0 bridgehead atoms. The van der Waals surface area contributed by atoms with E-state index >= 15 is 0 Å². The van der Waals surface area contributed by atoms with Crippen molar-refractivity contribution in [1.29, 1.82) is 0 Å². The van der Waals surface area contributed by atoms with E-state index in [4.69, 9.17) is 9.47 Å². The lowest BCUT2D eigenvalue weighted by atomic mass is 9.60. The van der Waals surface area contributed by atoms with Crippen molar-refractivity contribution >= 4 is 34.6 Å². The van der Waals surface area contributed by atoms with E-state index in [1.165, 1.54) is 17.7 Å². The minimum absolute atomic E-state index is 0.157. The van der Waals surface area contributed by atoms with Crippen LogP contribution in [0.3, 0.4) is 0 Å². The van der Waals surface area contributed by atoms with Gasteiger partial charge in [-0.15, -0.1) is 0 Å². The smallest absolute Gasteiger partial charge is 0.407 e. The fourth-order valence-electron chi connectivity index (χ4n) is 9.37. The van der Waals surface area contributed by atoms with Gasteiger partial charge >= 0.3 is 11.8 Å². The third-order valence-electron chi connectivity index (χ3n) is 12.7. The Morgan fingerprint density at radius 3 is 2.29 bits per heavy atom. The van der Waals surface area contributed by atoms with E-state index in [1.54, 1.807) is 23.3 Å². The van der Waals surface area contributed by atoms with Gasteiger partial charge < -0.3 is 24.6 Å². The Labute approximate surface area is 322 Å². The highest BCUT2D eigenvalue weighted by Crippen LogP contribution is 2.49. The molecule has 290 valence electrons. The fraction of sp³-hybridized carbons (Fsp3) is 0.488. The number of anilines is 1. The molecule has 3 aromatic carbocycles. The normalized spacial score (nSPS) is 20.9. The maximum Gasteiger partial charge on any atom is 0.407 e. The lowest BCUT2D eigenvalue weighted by molar-refractivity contribution is -0.151.